The van der Waals surface area contributed by atoms with Crippen LogP contribution in [-0.4, -0.2) is 55.7 Å². The van der Waals surface area contributed by atoms with E-state index in [0.717, 1.165) is 32.0 Å². The van der Waals surface area contributed by atoms with Crippen LogP contribution >= 0.6 is 0 Å². The summed E-state index contributed by atoms with van der Waals surface area (Å²) in [6.45, 7) is 5.80. The molecule has 1 fully saturated rings. The Labute approximate surface area is 215 Å². The highest BCUT2D eigenvalue weighted by Gasteiger charge is 2.25. The summed E-state index contributed by atoms with van der Waals surface area (Å²) in [5, 5.41) is 12.9. The quantitative estimate of drug-likeness (QED) is 0.402. The highest BCUT2D eigenvalue weighted by molar-refractivity contribution is 7.91. The lowest BCUT2D eigenvalue weighted by atomic mass is 9.98. The molecule has 1 aromatic heterocycles. The van der Waals surface area contributed by atoms with E-state index in [2.05, 4.69) is 15.0 Å². The molecular weight excluding hydrogens is 504 g/mol. The number of aliphatic hydroxyl groups excluding tert-OH is 1. The second kappa shape index (κ2) is 11.6. The molecule has 1 saturated heterocycles. The zero-order chi connectivity index (χ0) is 26.6. The number of aliphatic hydroxyl groups is 1. The van der Waals surface area contributed by atoms with E-state index in [1.54, 1.807) is 24.3 Å². The second-order valence-electron chi connectivity index (χ2n) is 9.51. The topological polar surface area (TPSA) is 106 Å². The normalized spacial score (nSPS) is 14.9. The van der Waals surface area contributed by atoms with Crippen LogP contribution in [0.25, 0.3) is 11.1 Å². The number of hydrogen-bond donors (Lipinski definition) is 1. The summed E-state index contributed by atoms with van der Waals surface area (Å²) in [5.74, 6) is -0.453. The van der Waals surface area contributed by atoms with Crippen molar-refractivity contribution >= 4 is 15.9 Å². The molecule has 0 amide bonds. The van der Waals surface area contributed by atoms with Gasteiger partial charge in [0.15, 0.2) is 15.7 Å². The fraction of sp³-hybridized carbons (Fsp3) is 0.462. The zero-order valence-corrected chi connectivity index (χ0v) is 21.7. The maximum Gasteiger partial charge on any atom is 0.324 e. The average Bonchev–Trinajstić information content (AvgIpc) is 3.39. The van der Waals surface area contributed by atoms with E-state index in [9.17, 15) is 17.2 Å². The van der Waals surface area contributed by atoms with Gasteiger partial charge in [-0.1, -0.05) is 31.1 Å². The Morgan fingerprint density at radius 3 is 2.46 bits per heavy atom. The largest absolute Gasteiger partial charge is 0.493 e. The first-order valence-corrected chi connectivity index (χ1v) is 14.0. The van der Waals surface area contributed by atoms with Gasteiger partial charge in [0.1, 0.15) is 22.3 Å². The Hall–Kier alpha value is -3.05. The summed E-state index contributed by atoms with van der Waals surface area (Å²) in [6, 6.07) is 8.72. The predicted molar refractivity (Wildman–Crippen MR) is 134 cm³/mol. The number of rotatable bonds is 10. The number of benzene rings is 2. The van der Waals surface area contributed by atoms with E-state index in [4.69, 9.17) is 14.4 Å². The third kappa shape index (κ3) is 6.45. The minimum Gasteiger partial charge on any atom is -0.493 e. The number of aromatic nitrogens is 2. The fourth-order valence-corrected chi connectivity index (χ4v) is 5.55. The molecule has 37 heavy (non-hydrogen) atoms. The van der Waals surface area contributed by atoms with Gasteiger partial charge in [-0.15, -0.1) is 0 Å². The fourth-order valence-electron chi connectivity index (χ4n) is 4.18. The van der Waals surface area contributed by atoms with Crippen molar-refractivity contribution in [2.45, 2.75) is 43.9 Å². The average molecular weight is 536 g/mol. The molecular formula is C26H31F2N3O5S. The molecule has 1 aliphatic rings. The molecule has 0 saturated carbocycles. The third-order valence-electron chi connectivity index (χ3n) is 6.41. The molecule has 0 atom stereocenters. The van der Waals surface area contributed by atoms with Crippen molar-refractivity contribution < 1.29 is 31.6 Å². The first-order chi connectivity index (χ1) is 17.7. The number of hydrogen-bond acceptors (Lipinski definition) is 8. The van der Waals surface area contributed by atoms with Crippen LogP contribution < -0.4 is 9.64 Å². The van der Waals surface area contributed by atoms with Gasteiger partial charge in [0.2, 0.25) is 0 Å². The van der Waals surface area contributed by atoms with Crippen LogP contribution in [0.1, 0.15) is 44.9 Å². The van der Waals surface area contributed by atoms with E-state index < -0.39 is 32.1 Å². The molecule has 2 aromatic carbocycles. The Morgan fingerprint density at radius 1 is 1.14 bits per heavy atom. The first-order valence-electron chi connectivity index (χ1n) is 12.3. The minimum absolute atomic E-state index is 0.0424. The Morgan fingerprint density at radius 2 is 1.84 bits per heavy atom. The molecule has 2 heterocycles. The number of anilines is 1. The number of nitrogens with zero attached hydrogens (tertiary/aromatic N) is 3. The smallest absolute Gasteiger partial charge is 0.324 e. The van der Waals surface area contributed by atoms with Gasteiger partial charge in [-0.05, 0) is 55.0 Å². The third-order valence-corrected chi connectivity index (χ3v) is 8.22. The van der Waals surface area contributed by atoms with Crippen molar-refractivity contribution in [3.8, 4) is 16.9 Å². The maximum absolute atomic E-state index is 14.7. The van der Waals surface area contributed by atoms with E-state index in [1.807, 2.05) is 13.8 Å². The Bertz CT molecular complexity index is 1300. The Balaban J connectivity index is 1.33. The molecule has 1 aliphatic heterocycles. The standard InChI is InChI=1S/C26H31F2N3O5S/c1-17(2)25-29-26(36-30-25)31-10-8-18(9-11-31)16-35-20-6-4-19(5-7-20)21-14-23(28)24(15-22(21)27)37(33,34)13-3-12-32/h4-7,14-15,17-18,32H,3,8-13,16H2,1-2H3. The van der Waals surface area contributed by atoms with E-state index in [0.29, 0.717) is 41.7 Å². The lowest BCUT2D eigenvalue weighted by Crippen LogP contribution is -2.35. The van der Waals surface area contributed by atoms with Crippen molar-refractivity contribution in [1.29, 1.82) is 0 Å². The molecule has 1 N–H and O–H groups in total. The van der Waals surface area contributed by atoms with Crippen molar-refractivity contribution in [2.24, 2.45) is 5.92 Å². The summed E-state index contributed by atoms with van der Waals surface area (Å²) in [6.07, 6.45) is 1.77. The number of sulfone groups is 1. The van der Waals surface area contributed by atoms with Gasteiger partial charge >= 0.3 is 6.01 Å². The minimum atomic E-state index is -4.03. The molecule has 0 radical (unpaired) electrons. The molecule has 8 nitrogen and oxygen atoms in total. The molecule has 11 heteroatoms. The van der Waals surface area contributed by atoms with E-state index in [1.165, 1.54) is 0 Å². The Kier molecular flexibility index (Phi) is 8.43. The maximum atomic E-state index is 14.7. The van der Waals surface area contributed by atoms with E-state index >= 15 is 0 Å². The van der Waals surface area contributed by atoms with Crippen molar-refractivity contribution in [3.05, 3.63) is 53.9 Å². The van der Waals surface area contributed by atoms with Crippen molar-refractivity contribution in [3.63, 3.8) is 0 Å². The lowest BCUT2D eigenvalue weighted by Gasteiger charge is -2.30. The molecule has 0 spiro atoms. The van der Waals surface area contributed by atoms with E-state index in [-0.39, 0.29) is 24.5 Å². The highest BCUT2D eigenvalue weighted by atomic mass is 32.2. The van der Waals surface area contributed by atoms with Gasteiger partial charge < -0.3 is 19.3 Å². The molecule has 200 valence electrons. The lowest BCUT2D eigenvalue weighted by molar-refractivity contribution is 0.220. The van der Waals surface area contributed by atoms with Crippen LogP contribution in [0.3, 0.4) is 0 Å². The zero-order valence-electron chi connectivity index (χ0n) is 20.9. The summed E-state index contributed by atoms with van der Waals surface area (Å²) in [7, 11) is -4.03. The van der Waals surface area contributed by atoms with Crippen LogP contribution in [0.15, 0.2) is 45.8 Å². The van der Waals surface area contributed by atoms with Gasteiger partial charge in [-0.2, -0.15) is 4.98 Å². The van der Waals surface area contributed by atoms with Crippen LogP contribution in [0, 0.1) is 17.6 Å². The summed E-state index contributed by atoms with van der Waals surface area (Å²) in [5.41, 5.74) is 0.357. The number of piperidine rings is 1. The van der Waals surface area contributed by atoms with Gasteiger partial charge in [-0.3, -0.25) is 0 Å². The van der Waals surface area contributed by atoms with Gasteiger partial charge in [0, 0.05) is 31.2 Å². The summed E-state index contributed by atoms with van der Waals surface area (Å²) in [4.78, 5) is 5.84. The molecule has 0 unspecified atom stereocenters. The second-order valence-corrected chi connectivity index (χ2v) is 11.6. The highest BCUT2D eigenvalue weighted by Crippen LogP contribution is 2.30. The monoisotopic (exact) mass is 535 g/mol. The van der Waals surface area contributed by atoms with Gasteiger partial charge in [0.05, 0.1) is 12.4 Å². The van der Waals surface area contributed by atoms with Gasteiger partial charge in [-0.25, -0.2) is 17.2 Å². The van der Waals surface area contributed by atoms with Gasteiger partial charge in [0.25, 0.3) is 0 Å². The van der Waals surface area contributed by atoms with Crippen LogP contribution in [0.4, 0.5) is 14.8 Å². The first kappa shape index (κ1) is 27.0. The van der Waals surface area contributed by atoms with Crippen LogP contribution in [-0.2, 0) is 9.84 Å². The van der Waals surface area contributed by atoms with Crippen LogP contribution in [0.2, 0.25) is 0 Å². The molecule has 0 aliphatic carbocycles. The van der Waals surface area contributed by atoms with Crippen molar-refractivity contribution in [2.75, 3.05) is 37.0 Å². The summed E-state index contributed by atoms with van der Waals surface area (Å²) >= 11 is 0. The predicted octanol–water partition coefficient (Wildman–Crippen LogP) is 4.59. The number of ether oxygens (including phenoxy) is 1. The molecule has 3 aromatic rings. The molecule has 0 bridgehead atoms. The summed E-state index contributed by atoms with van der Waals surface area (Å²) < 4.78 is 65.1. The van der Waals surface area contributed by atoms with Crippen molar-refractivity contribution in [1.82, 2.24) is 10.1 Å². The van der Waals surface area contributed by atoms with Crippen LogP contribution in [0.5, 0.6) is 5.75 Å². The molecule has 4 rings (SSSR count). The SMILES string of the molecule is CC(C)c1noc(N2CCC(COc3ccc(-c4cc(F)c(S(=O)(=O)CCCO)cc4F)cc3)CC2)n1. The number of halogens is 2.